The fraction of sp³-hybridized carbons (Fsp3) is 0.529. The van der Waals surface area contributed by atoms with Gasteiger partial charge in [0.15, 0.2) is 0 Å². The number of benzene rings is 1. The monoisotopic (exact) mass is 299 g/mol. The summed E-state index contributed by atoms with van der Waals surface area (Å²) in [5.41, 5.74) is 0.858. The lowest BCUT2D eigenvalue weighted by Gasteiger charge is -2.42. The van der Waals surface area contributed by atoms with Gasteiger partial charge in [0.25, 0.3) is 5.56 Å². The summed E-state index contributed by atoms with van der Waals surface area (Å²) >= 11 is 0. The van der Waals surface area contributed by atoms with E-state index < -0.39 is 0 Å². The smallest absolute Gasteiger partial charge is 0.261 e. The molecule has 0 bridgehead atoms. The van der Waals surface area contributed by atoms with Crippen molar-refractivity contribution in [2.24, 2.45) is 0 Å². The third kappa shape index (κ3) is 1.96. The van der Waals surface area contributed by atoms with Gasteiger partial charge in [-0.3, -0.25) is 9.36 Å². The number of nitrogens with zero attached hydrogens (tertiary/aromatic N) is 3. The zero-order valence-corrected chi connectivity index (χ0v) is 13.1. The van der Waals surface area contributed by atoms with E-state index in [-0.39, 0.29) is 5.56 Å². The molecule has 4 rings (SSSR count). The molecule has 0 amide bonds. The van der Waals surface area contributed by atoms with Crippen LogP contribution in [0.25, 0.3) is 10.9 Å². The molecule has 5 heteroatoms. The zero-order chi connectivity index (χ0) is 15.3. The number of methoxy groups -OCH3 is 1. The number of ether oxygens (including phenoxy) is 1. The predicted octanol–water partition coefficient (Wildman–Crippen LogP) is 1.99. The van der Waals surface area contributed by atoms with Gasteiger partial charge in [0.2, 0.25) is 0 Å². The van der Waals surface area contributed by atoms with Gasteiger partial charge in [0.1, 0.15) is 11.6 Å². The molecule has 2 atom stereocenters. The van der Waals surface area contributed by atoms with Crippen LogP contribution in [0, 0.1) is 0 Å². The molecule has 1 fully saturated rings. The fourth-order valence-corrected chi connectivity index (χ4v) is 4.05. The van der Waals surface area contributed by atoms with E-state index in [9.17, 15) is 4.79 Å². The molecule has 5 nitrogen and oxygen atoms in total. The van der Waals surface area contributed by atoms with Crippen LogP contribution in [0.2, 0.25) is 0 Å². The molecule has 2 aliphatic heterocycles. The molecule has 2 aromatic rings. The molecular formula is C17H21N3O2. The third-order valence-corrected chi connectivity index (χ3v) is 5.23. The first-order valence-electron chi connectivity index (χ1n) is 7.98. The van der Waals surface area contributed by atoms with Crippen LogP contribution >= 0.6 is 0 Å². The second kappa shape index (κ2) is 5.09. The minimum absolute atomic E-state index is 0.0746. The summed E-state index contributed by atoms with van der Waals surface area (Å²) in [6.45, 7) is 1.91. The van der Waals surface area contributed by atoms with E-state index in [1.165, 1.54) is 6.42 Å². The Morgan fingerprint density at radius 1 is 1.27 bits per heavy atom. The third-order valence-electron chi connectivity index (χ3n) is 5.23. The maximum absolute atomic E-state index is 12.9. The number of likely N-dealkylation sites (tertiary alicyclic amines) is 1. The van der Waals surface area contributed by atoms with Gasteiger partial charge < -0.3 is 9.64 Å². The highest BCUT2D eigenvalue weighted by Gasteiger charge is 2.36. The SMILES string of the molecule is COc1ccc2nc3n(c(=O)c2c1)CC[C@@H]1[C@H]3CCCN1C. The van der Waals surface area contributed by atoms with Crippen LogP contribution in [-0.2, 0) is 6.54 Å². The van der Waals surface area contributed by atoms with Crippen molar-refractivity contribution >= 4 is 10.9 Å². The molecule has 1 aromatic carbocycles. The van der Waals surface area contributed by atoms with Crippen LogP contribution in [0.5, 0.6) is 5.75 Å². The summed E-state index contributed by atoms with van der Waals surface area (Å²) in [5.74, 6) is 2.07. The number of aromatic nitrogens is 2. The van der Waals surface area contributed by atoms with E-state index in [0.29, 0.717) is 23.1 Å². The average molecular weight is 299 g/mol. The maximum atomic E-state index is 12.9. The average Bonchev–Trinajstić information content (AvgIpc) is 2.55. The zero-order valence-electron chi connectivity index (χ0n) is 13.1. The highest BCUT2D eigenvalue weighted by molar-refractivity contribution is 5.79. The van der Waals surface area contributed by atoms with Crippen LogP contribution in [0.15, 0.2) is 23.0 Å². The van der Waals surface area contributed by atoms with E-state index >= 15 is 0 Å². The van der Waals surface area contributed by atoms with Gasteiger partial charge in [-0.1, -0.05) is 0 Å². The summed E-state index contributed by atoms with van der Waals surface area (Å²) in [6.07, 6.45) is 3.34. The van der Waals surface area contributed by atoms with Crippen molar-refractivity contribution in [2.45, 2.75) is 37.8 Å². The van der Waals surface area contributed by atoms with Crippen molar-refractivity contribution in [1.82, 2.24) is 14.5 Å². The summed E-state index contributed by atoms with van der Waals surface area (Å²) in [6, 6.07) is 6.10. The number of hydrogen-bond donors (Lipinski definition) is 0. The van der Waals surface area contributed by atoms with E-state index in [4.69, 9.17) is 9.72 Å². The molecule has 1 saturated heterocycles. The summed E-state index contributed by atoms with van der Waals surface area (Å²) in [4.78, 5) is 20.1. The number of fused-ring (bicyclic) bond motifs is 4. The van der Waals surface area contributed by atoms with Crippen molar-refractivity contribution in [3.63, 3.8) is 0 Å². The van der Waals surface area contributed by atoms with Gasteiger partial charge in [0, 0.05) is 18.5 Å². The lowest BCUT2D eigenvalue weighted by Crippen LogP contribution is -2.47. The van der Waals surface area contributed by atoms with Gasteiger partial charge >= 0.3 is 0 Å². The van der Waals surface area contributed by atoms with Gasteiger partial charge in [-0.15, -0.1) is 0 Å². The van der Waals surface area contributed by atoms with Crippen molar-refractivity contribution in [2.75, 3.05) is 20.7 Å². The van der Waals surface area contributed by atoms with Crippen LogP contribution in [-0.4, -0.2) is 41.2 Å². The Morgan fingerprint density at radius 2 is 2.14 bits per heavy atom. The summed E-state index contributed by atoms with van der Waals surface area (Å²) in [7, 11) is 3.81. The van der Waals surface area contributed by atoms with E-state index in [1.807, 2.05) is 16.7 Å². The molecule has 0 spiro atoms. The van der Waals surface area contributed by atoms with Crippen LogP contribution in [0.4, 0.5) is 0 Å². The van der Waals surface area contributed by atoms with Crippen LogP contribution in [0.3, 0.4) is 0 Å². The Balaban J connectivity index is 1.91. The van der Waals surface area contributed by atoms with Crippen molar-refractivity contribution in [3.05, 3.63) is 34.4 Å². The van der Waals surface area contributed by atoms with Gasteiger partial charge in [0.05, 0.1) is 18.0 Å². The second-order valence-corrected chi connectivity index (χ2v) is 6.40. The number of hydrogen-bond acceptors (Lipinski definition) is 4. The first-order valence-corrected chi connectivity index (χ1v) is 7.98. The van der Waals surface area contributed by atoms with Gasteiger partial charge in [-0.25, -0.2) is 4.98 Å². The van der Waals surface area contributed by atoms with E-state index in [1.54, 1.807) is 13.2 Å². The Labute approximate surface area is 129 Å². The Hall–Kier alpha value is -1.88. The summed E-state index contributed by atoms with van der Waals surface area (Å²) in [5, 5.41) is 0.658. The quantitative estimate of drug-likeness (QED) is 0.808. The molecule has 22 heavy (non-hydrogen) atoms. The minimum Gasteiger partial charge on any atom is -0.497 e. The van der Waals surface area contributed by atoms with Crippen molar-refractivity contribution < 1.29 is 4.74 Å². The standard InChI is InChI=1S/C17H21N3O2/c1-19-8-3-4-12-15(19)7-9-20-16(12)18-14-6-5-11(22-2)10-13(14)17(20)21/h5-6,10,12,15H,3-4,7-9H2,1-2H3/t12-,15-/m1/s1. The Morgan fingerprint density at radius 3 is 2.95 bits per heavy atom. The minimum atomic E-state index is 0.0746. The van der Waals surface area contributed by atoms with Gasteiger partial charge in [-0.2, -0.15) is 0 Å². The Kier molecular flexibility index (Phi) is 3.18. The summed E-state index contributed by atoms with van der Waals surface area (Å²) < 4.78 is 7.13. The Bertz CT molecular complexity index is 783. The van der Waals surface area contributed by atoms with Crippen LogP contribution in [0.1, 0.15) is 31.0 Å². The molecule has 116 valence electrons. The van der Waals surface area contributed by atoms with Gasteiger partial charge in [-0.05, 0) is 51.1 Å². The number of piperidine rings is 1. The van der Waals surface area contributed by atoms with Crippen LogP contribution < -0.4 is 10.3 Å². The lowest BCUT2D eigenvalue weighted by molar-refractivity contribution is 0.123. The number of likely N-dealkylation sites (N-methyl/N-ethyl adjacent to an activating group) is 1. The van der Waals surface area contributed by atoms with E-state index in [2.05, 4.69) is 11.9 Å². The maximum Gasteiger partial charge on any atom is 0.261 e. The molecule has 0 aliphatic carbocycles. The molecule has 3 heterocycles. The van der Waals surface area contributed by atoms with Crippen molar-refractivity contribution in [1.29, 1.82) is 0 Å². The molecule has 1 aromatic heterocycles. The lowest BCUT2D eigenvalue weighted by atomic mass is 9.84. The molecular weight excluding hydrogens is 278 g/mol. The molecule has 0 unspecified atom stereocenters. The predicted molar refractivity (Wildman–Crippen MR) is 85.6 cm³/mol. The van der Waals surface area contributed by atoms with Crippen molar-refractivity contribution in [3.8, 4) is 5.75 Å². The second-order valence-electron chi connectivity index (χ2n) is 6.40. The first-order chi connectivity index (χ1) is 10.7. The highest BCUT2D eigenvalue weighted by Crippen LogP contribution is 2.36. The highest BCUT2D eigenvalue weighted by atomic mass is 16.5. The molecule has 0 N–H and O–H groups in total. The molecule has 2 aliphatic rings. The molecule has 0 saturated carbocycles. The number of rotatable bonds is 1. The fourth-order valence-electron chi connectivity index (χ4n) is 4.05. The first kappa shape index (κ1) is 13.8. The largest absolute Gasteiger partial charge is 0.497 e. The van der Waals surface area contributed by atoms with E-state index in [0.717, 1.165) is 37.3 Å². The topological polar surface area (TPSA) is 47.4 Å². The molecule has 0 radical (unpaired) electrons. The normalized spacial score (nSPS) is 24.8.